The van der Waals surface area contributed by atoms with E-state index in [0.717, 1.165) is 31.6 Å². The molecule has 20 heavy (non-hydrogen) atoms. The summed E-state index contributed by atoms with van der Waals surface area (Å²) in [7, 11) is 0. The summed E-state index contributed by atoms with van der Waals surface area (Å²) in [6, 6.07) is 11.5. The molecule has 1 aromatic carbocycles. The average Bonchev–Trinajstić information content (AvgIpc) is 2.87. The van der Waals surface area contributed by atoms with Gasteiger partial charge >= 0.3 is 0 Å². The van der Waals surface area contributed by atoms with E-state index in [1.165, 1.54) is 0 Å². The number of pyridine rings is 1. The number of benzene rings is 1. The highest BCUT2D eigenvalue weighted by Crippen LogP contribution is 2.32. The number of anilines is 1. The summed E-state index contributed by atoms with van der Waals surface area (Å²) in [5.74, 6) is 0.770. The molecule has 0 amide bonds. The Kier molecular flexibility index (Phi) is 3.54. The third-order valence-corrected chi connectivity index (χ3v) is 4.93. The molecule has 0 saturated carbocycles. The van der Waals surface area contributed by atoms with E-state index in [-0.39, 0.29) is 0 Å². The van der Waals surface area contributed by atoms with Crippen LogP contribution in [0.25, 0.3) is 10.2 Å². The molecule has 2 N–H and O–H groups in total. The number of rotatable bonds is 3. The van der Waals surface area contributed by atoms with Crippen molar-refractivity contribution in [2.75, 3.05) is 5.73 Å². The van der Waals surface area contributed by atoms with Crippen molar-refractivity contribution in [2.24, 2.45) is 0 Å². The van der Waals surface area contributed by atoms with Gasteiger partial charge in [-0.05, 0) is 35.9 Å². The fourth-order valence-corrected chi connectivity index (χ4v) is 3.81. The molecule has 0 aliphatic rings. The lowest BCUT2D eigenvalue weighted by molar-refractivity contribution is 1.22. The Morgan fingerprint density at radius 1 is 1.30 bits per heavy atom. The third kappa shape index (κ3) is 2.74. The maximum absolute atomic E-state index is 8.83. The van der Waals surface area contributed by atoms with Gasteiger partial charge < -0.3 is 5.73 Å². The van der Waals surface area contributed by atoms with Crippen LogP contribution in [-0.4, -0.2) is 9.97 Å². The van der Waals surface area contributed by atoms with Crippen LogP contribution in [-0.2, 0) is 5.75 Å². The number of nitrogens with zero attached hydrogens (tertiary/aromatic N) is 3. The predicted molar refractivity (Wildman–Crippen MR) is 82.5 cm³/mol. The Morgan fingerprint density at radius 3 is 3.05 bits per heavy atom. The summed E-state index contributed by atoms with van der Waals surface area (Å²) < 4.78 is 2.10. The SMILES string of the molecule is N#Cc1cc(CSc2nc3ccc(N)cc3s2)ccn1. The molecule has 4 nitrogen and oxygen atoms in total. The van der Waals surface area contributed by atoms with Gasteiger partial charge in [0.2, 0.25) is 0 Å². The van der Waals surface area contributed by atoms with E-state index in [9.17, 15) is 0 Å². The molecule has 3 aromatic rings. The smallest absolute Gasteiger partial charge is 0.151 e. The summed E-state index contributed by atoms with van der Waals surface area (Å²) in [6.07, 6.45) is 1.66. The number of nitriles is 1. The highest BCUT2D eigenvalue weighted by Gasteiger charge is 2.05. The highest BCUT2D eigenvalue weighted by molar-refractivity contribution is 8.00. The van der Waals surface area contributed by atoms with Crippen molar-refractivity contribution in [3.8, 4) is 6.07 Å². The van der Waals surface area contributed by atoms with E-state index in [1.54, 1.807) is 35.4 Å². The Labute approximate surface area is 124 Å². The van der Waals surface area contributed by atoms with Gasteiger partial charge in [0.1, 0.15) is 11.8 Å². The Bertz CT molecular complexity index is 804. The molecular formula is C14H10N4S2. The van der Waals surface area contributed by atoms with Gasteiger partial charge in [-0.2, -0.15) is 5.26 Å². The molecule has 0 unspecified atom stereocenters. The third-order valence-electron chi connectivity index (χ3n) is 2.69. The van der Waals surface area contributed by atoms with Crippen LogP contribution >= 0.6 is 23.1 Å². The van der Waals surface area contributed by atoms with Crippen LogP contribution in [0, 0.1) is 11.3 Å². The zero-order valence-corrected chi connectivity index (χ0v) is 12.0. The van der Waals surface area contributed by atoms with Gasteiger partial charge in [0, 0.05) is 17.6 Å². The minimum absolute atomic E-state index is 0.445. The highest BCUT2D eigenvalue weighted by atomic mass is 32.2. The Balaban J connectivity index is 1.78. The van der Waals surface area contributed by atoms with Gasteiger partial charge in [0.25, 0.3) is 0 Å². The largest absolute Gasteiger partial charge is 0.399 e. The van der Waals surface area contributed by atoms with Crippen molar-refractivity contribution in [3.63, 3.8) is 0 Å². The van der Waals surface area contributed by atoms with Crippen molar-refractivity contribution < 1.29 is 0 Å². The molecule has 0 atom stereocenters. The summed E-state index contributed by atoms with van der Waals surface area (Å²) in [4.78, 5) is 8.52. The molecule has 3 rings (SSSR count). The maximum Gasteiger partial charge on any atom is 0.151 e. The number of nitrogen functional groups attached to an aromatic ring is 1. The van der Waals surface area contributed by atoms with Crippen molar-refractivity contribution in [2.45, 2.75) is 10.1 Å². The van der Waals surface area contributed by atoms with E-state index < -0.39 is 0 Å². The zero-order valence-electron chi connectivity index (χ0n) is 10.4. The second kappa shape index (κ2) is 5.49. The van der Waals surface area contributed by atoms with Gasteiger partial charge in [-0.15, -0.1) is 11.3 Å². The molecule has 0 bridgehead atoms. The van der Waals surface area contributed by atoms with Crippen LogP contribution in [0.15, 0.2) is 40.9 Å². The van der Waals surface area contributed by atoms with Crippen molar-refractivity contribution >= 4 is 39.0 Å². The molecule has 0 saturated heterocycles. The molecule has 0 fully saturated rings. The van der Waals surface area contributed by atoms with Crippen molar-refractivity contribution in [1.82, 2.24) is 9.97 Å². The van der Waals surface area contributed by atoms with Gasteiger partial charge in [0.15, 0.2) is 4.34 Å². The molecular weight excluding hydrogens is 288 g/mol. The Morgan fingerprint density at radius 2 is 2.20 bits per heavy atom. The number of fused-ring (bicyclic) bond motifs is 1. The molecule has 2 aromatic heterocycles. The molecule has 2 heterocycles. The lowest BCUT2D eigenvalue weighted by Crippen LogP contribution is -1.86. The number of aromatic nitrogens is 2. The summed E-state index contributed by atoms with van der Waals surface area (Å²) in [6.45, 7) is 0. The standard InChI is InChI=1S/C14H10N4S2/c15-7-11-5-9(3-4-17-11)8-19-14-18-12-2-1-10(16)6-13(12)20-14/h1-6H,8,16H2. The molecule has 0 spiro atoms. The normalized spacial score (nSPS) is 10.6. The van der Waals surface area contributed by atoms with E-state index in [1.807, 2.05) is 30.3 Å². The summed E-state index contributed by atoms with van der Waals surface area (Å²) in [5, 5.41) is 8.83. The van der Waals surface area contributed by atoms with Gasteiger partial charge in [-0.1, -0.05) is 11.8 Å². The second-order valence-electron chi connectivity index (χ2n) is 4.16. The molecule has 6 heteroatoms. The first-order valence-corrected chi connectivity index (χ1v) is 7.69. The van der Waals surface area contributed by atoms with Gasteiger partial charge in [0.05, 0.1) is 10.2 Å². The quantitative estimate of drug-likeness (QED) is 0.592. The lowest BCUT2D eigenvalue weighted by atomic mass is 10.2. The number of thioether (sulfide) groups is 1. The maximum atomic E-state index is 8.83. The van der Waals surface area contributed by atoms with Crippen LogP contribution in [0.2, 0.25) is 0 Å². The fourth-order valence-electron chi connectivity index (χ4n) is 1.75. The molecule has 0 aliphatic carbocycles. The van der Waals surface area contributed by atoms with Crippen LogP contribution < -0.4 is 5.73 Å². The zero-order chi connectivity index (χ0) is 13.9. The van der Waals surface area contributed by atoms with Crippen molar-refractivity contribution in [1.29, 1.82) is 5.26 Å². The van der Waals surface area contributed by atoms with Crippen LogP contribution in [0.1, 0.15) is 11.3 Å². The van der Waals surface area contributed by atoms with Crippen LogP contribution in [0.3, 0.4) is 0 Å². The number of hydrogen-bond acceptors (Lipinski definition) is 6. The number of nitrogens with two attached hydrogens (primary N) is 1. The Hall–Kier alpha value is -2.10. The minimum Gasteiger partial charge on any atom is -0.399 e. The monoisotopic (exact) mass is 298 g/mol. The molecule has 0 radical (unpaired) electrons. The van der Waals surface area contributed by atoms with Gasteiger partial charge in [-0.3, -0.25) is 0 Å². The number of thiazole rings is 1. The van der Waals surface area contributed by atoms with E-state index in [2.05, 4.69) is 9.97 Å². The van der Waals surface area contributed by atoms with E-state index in [4.69, 9.17) is 11.0 Å². The minimum atomic E-state index is 0.445. The lowest BCUT2D eigenvalue weighted by Gasteiger charge is -1.98. The first-order chi connectivity index (χ1) is 9.74. The first-order valence-electron chi connectivity index (χ1n) is 5.88. The molecule has 98 valence electrons. The van der Waals surface area contributed by atoms with E-state index >= 15 is 0 Å². The van der Waals surface area contributed by atoms with Crippen molar-refractivity contribution in [3.05, 3.63) is 47.8 Å². The number of hydrogen-bond donors (Lipinski definition) is 1. The van der Waals surface area contributed by atoms with Gasteiger partial charge in [-0.25, -0.2) is 9.97 Å². The van der Waals surface area contributed by atoms with Crippen LogP contribution in [0.4, 0.5) is 5.69 Å². The van der Waals surface area contributed by atoms with E-state index in [0.29, 0.717) is 5.69 Å². The first kappa shape index (κ1) is 12.9. The fraction of sp³-hybridized carbons (Fsp3) is 0.0714. The second-order valence-corrected chi connectivity index (χ2v) is 6.41. The van der Waals surface area contributed by atoms with Crippen LogP contribution in [0.5, 0.6) is 0 Å². The molecule has 0 aliphatic heterocycles. The summed E-state index contributed by atoms with van der Waals surface area (Å²) in [5.41, 5.74) is 9.01. The summed E-state index contributed by atoms with van der Waals surface area (Å²) >= 11 is 3.29. The topological polar surface area (TPSA) is 75.6 Å². The predicted octanol–water partition coefficient (Wildman–Crippen LogP) is 3.44. The average molecular weight is 298 g/mol.